The van der Waals surface area contributed by atoms with Gasteiger partial charge in [0.25, 0.3) is 0 Å². The molecular weight excluding hydrogens is 218 g/mol. The Morgan fingerprint density at radius 3 is 2.60 bits per heavy atom. The van der Waals surface area contributed by atoms with E-state index in [0.29, 0.717) is 10.7 Å². The maximum Gasteiger partial charge on any atom is 0.186 e. The topological polar surface area (TPSA) is 48.4 Å². The van der Waals surface area contributed by atoms with Gasteiger partial charge >= 0.3 is 0 Å². The van der Waals surface area contributed by atoms with Crippen molar-refractivity contribution in [3.8, 4) is 0 Å². The van der Waals surface area contributed by atoms with Crippen LogP contribution in [0.5, 0.6) is 0 Å². The van der Waals surface area contributed by atoms with E-state index in [4.69, 9.17) is 21.1 Å². The first-order valence-electron chi connectivity index (χ1n) is 4.37. The SMILES string of the molecule is COC(CC(=O)c1ccc(Cl)cn1)OC. The molecule has 1 heterocycles. The number of ketones is 1. The number of methoxy groups -OCH3 is 2. The molecule has 0 aliphatic carbocycles. The number of pyridine rings is 1. The van der Waals surface area contributed by atoms with E-state index in [1.807, 2.05) is 0 Å². The van der Waals surface area contributed by atoms with Crippen LogP contribution < -0.4 is 0 Å². The second-order valence-electron chi connectivity index (χ2n) is 2.89. The van der Waals surface area contributed by atoms with Gasteiger partial charge in [0.1, 0.15) is 5.69 Å². The highest BCUT2D eigenvalue weighted by Gasteiger charge is 2.14. The second kappa shape index (κ2) is 5.80. The fourth-order valence-electron chi connectivity index (χ4n) is 1.06. The predicted molar refractivity (Wildman–Crippen MR) is 56.0 cm³/mol. The molecule has 15 heavy (non-hydrogen) atoms. The largest absolute Gasteiger partial charge is 0.355 e. The van der Waals surface area contributed by atoms with E-state index in [-0.39, 0.29) is 12.2 Å². The van der Waals surface area contributed by atoms with Crippen LogP contribution in [0.3, 0.4) is 0 Å². The van der Waals surface area contributed by atoms with E-state index >= 15 is 0 Å². The summed E-state index contributed by atoms with van der Waals surface area (Å²) in [4.78, 5) is 15.5. The number of hydrogen-bond acceptors (Lipinski definition) is 4. The summed E-state index contributed by atoms with van der Waals surface area (Å²) >= 11 is 5.65. The summed E-state index contributed by atoms with van der Waals surface area (Å²) in [7, 11) is 2.97. The zero-order valence-corrected chi connectivity index (χ0v) is 9.32. The number of carbonyl (C=O) groups excluding carboxylic acids is 1. The van der Waals surface area contributed by atoms with Crippen molar-refractivity contribution >= 4 is 17.4 Å². The van der Waals surface area contributed by atoms with E-state index in [1.54, 1.807) is 12.1 Å². The van der Waals surface area contributed by atoms with Crippen molar-refractivity contribution in [2.24, 2.45) is 0 Å². The minimum atomic E-state index is -0.532. The van der Waals surface area contributed by atoms with E-state index in [2.05, 4.69) is 4.98 Å². The van der Waals surface area contributed by atoms with Gasteiger partial charge < -0.3 is 9.47 Å². The molecule has 0 N–H and O–H groups in total. The van der Waals surface area contributed by atoms with Crippen LogP contribution in [0.2, 0.25) is 5.02 Å². The number of hydrogen-bond donors (Lipinski definition) is 0. The lowest BCUT2D eigenvalue weighted by molar-refractivity contribution is -0.0993. The highest BCUT2D eigenvalue weighted by molar-refractivity contribution is 6.30. The van der Waals surface area contributed by atoms with Crippen molar-refractivity contribution in [2.45, 2.75) is 12.7 Å². The first-order valence-corrected chi connectivity index (χ1v) is 4.75. The van der Waals surface area contributed by atoms with Gasteiger partial charge in [-0.25, -0.2) is 0 Å². The van der Waals surface area contributed by atoms with Crippen LogP contribution in [0.15, 0.2) is 18.3 Å². The molecule has 0 fully saturated rings. The Morgan fingerprint density at radius 1 is 1.47 bits per heavy atom. The van der Waals surface area contributed by atoms with Gasteiger partial charge in [-0.1, -0.05) is 11.6 Å². The Bertz CT molecular complexity index is 322. The molecule has 0 radical (unpaired) electrons. The molecule has 0 saturated heterocycles. The van der Waals surface area contributed by atoms with Gasteiger partial charge in [-0.2, -0.15) is 0 Å². The molecule has 0 aliphatic rings. The lowest BCUT2D eigenvalue weighted by Crippen LogP contribution is -2.18. The Kier molecular flexibility index (Phi) is 4.68. The van der Waals surface area contributed by atoms with Gasteiger partial charge in [0.15, 0.2) is 12.1 Å². The van der Waals surface area contributed by atoms with Gasteiger partial charge in [0.2, 0.25) is 0 Å². The Labute approximate surface area is 93.2 Å². The number of Topliss-reactive ketones (excluding diaryl/α,β-unsaturated/α-hetero) is 1. The van der Waals surface area contributed by atoms with Crippen LogP contribution in [-0.4, -0.2) is 31.3 Å². The molecule has 4 nitrogen and oxygen atoms in total. The molecule has 0 aliphatic heterocycles. The average Bonchev–Trinajstić information content (AvgIpc) is 2.26. The first-order chi connectivity index (χ1) is 7.17. The summed E-state index contributed by atoms with van der Waals surface area (Å²) in [5, 5.41) is 0.501. The monoisotopic (exact) mass is 229 g/mol. The molecule has 1 aromatic heterocycles. The minimum Gasteiger partial charge on any atom is -0.355 e. The fraction of sp³-hybridized carbons (Fsp3) is 0.400. The van der Waals surface area contributed by atoms with Crippen molar-refractivity contribution in [3.63, 3.8) is 0 Å². The number of aromatic nitrogens is 1. The molecule has 0 amide bonds. The van der Waals surface area contributed by atoms with Gasteiger partial charge in [-0.3, -0.25) is 9.78 Å². The number of carbonyl (C=O) groups is 1. The Morgan fingerprint density at radius 2 is 2.13 bits per heavy atom. The maximum absolute atomic E-state index is 11.6. The molecule has 0 spiro atoms. The summed E-state index contributed by atoms with van der Waals surface area (Å²) in [6.07, 6.45) is 1.04. The molecule has 0 atom stereocenters. The van der Waals surface area contributed by atoms with Crippen LogP contribution in [-0.2, 0) is 9.47 Å². The summed E-state index contributed by atoms with van der Waals surface area (Å²) < 4.78 is 9.84. The predicted octanol–water partition coefficient (Wildman–Crippen LogP) is 1.93. The van der Waals surface area contributed by atoms with Crippen LogP contribution >= 0.6 is 11.6 Å². The normalized spacial score (nSPS) is 10.7. The van der Waals surface area contributed by atoms with Crippen molar-refractivity contribution in [3.05, 3.63) is 29.0 Å². The molecule has 0 unspecified atom stereocenters. The van der Waals surface area contributed by atoms with Crippen LogP contribution in [0.4, 0.5) is 0 Å². The zero-order valence-electron chi connectivity index (χ0n) is 8.57. The molecule has 0 saturated carbocycles. The van der Waals surface area contributed by atoms with Crippen LogP contribution in [0.1, 0.15) is 16.9 Å². The Balaban J connectivity index is 2.64. The minimum absolute atomic E-state index is 0.139. The summed E-state index contributed by atoms with van der Waals surface area (Å²) in [6, 6.07) is 3.20. The van der Waals surface area contributed by atoms with E-state index in [0.717, 1.165) is 0 Å². The number of rotatable bonds is 5. The highest BCUT2D eigenvalue weighted by Crippen LogP contribution is 2.09. The quantitative estimate of drug-likeness (QED) is 0.572. The second-order valence-corrected chi connectivity index (χ2v) is 3.33. The summed E-state index contributed by atoms with van der Waals surface area (Å²) in [5.41, 5.74) is 0.360. The Hall–Kier alpha value is -0.970. The third-order valence-electron chi connectivity index (χ3n) is 1.89. The number of halogens is 1. The standard InChI is InChI=1S/C10H12ClNO3/c1-14-10(15-2)5-9(13)8-4-3-7(11)6-12-8/h3-4,6,10H,5H2,1-2H3. The fourth-order valence-corrected chi connectivity index (χ4v) is 1.17. The van der Waals surface area contributed by atoms with Crippen LogP contribution in [0.25, 0.3) is 0 Å². The van der Waals surface area contributed by atoms with Gasteiger partial charge in [-0.15, -0.1) is 0 Å². The van der Waals surface area contributed by atoms with Gasteiger partial charge in [0, 0.05) is 20.4 Å². The van der Waals surface area contributed by atoms with Crippen molar-refractivity contribution in [1.29, 1.82) is 0 Å². The third kappa shape index (κ3) is 3.58. The number of ether oxygens (including phenoxy) is 2. The van der Waals surface area contributed by atoms with Gasteiger partial charge in [0.05, 0.1) is 11.4 Å². The van der Waals surface area contributed by atoms with E-state index in [9.17, 15) is 4.79 Å². The number of nitrogens with zero attached hydrogens (tertiary/aromatic N) is 1. The molecule has 5 heteroatoms. The highest BCUT2D eigenvalue weighted by atomic mass is 35.5. The maximum atomic E-state index is 11.6. The summed E-state index contributed by atoms with van der Waals surface area (Å²) in [6.45, 7) is 0. The lowest BCUT2D eigenvalue weighted by atomic mass is 10.2. The molecular formula is C10H12ClNO3. The molecule has 1 rings (SSSR count). The molecule has 0 aromatic carbocycles. The van der Waals surface area contributed by atoms with Crippen LogP contribution in [0, 0.1) is 0 Å². The molecule has 0 bridgehead atoms. The molecule has 82 valence electrons. The van der Waals surface area contributed by atoms with Gasteiger partial charge in [-0.05, 0) is 12.1 Å². The van der Waals surface area contributed by atoms with Crippen molar-refractivity contribution in [1.82, 2.24) is 4.98 Å². The smallest absolute Gasteiger partial charge is 0.186 e. The average molecular weight is 230 g/mol. The van der Waals surface area contributed by atoms with Crippen molar-refractivity contribution in [2.75, 3.05) is 14.2 Å². The summed E-state index contributed by atoms with van der Waals surface area (Å²) in [5.74, 6) is -0.139. The molecule has 1 aromatic rings. The zero-order chi connectivity index (χ0) is 11.3. The van der Waals surface area contributed by atoms with E-state index in [1.165, 1.54) is 20.4 Å². The lowest BCUT2D eigenvalue weighted by Gasteiger charge is -2.11. The van der Waals surface area contributed by atoms with E-state index < -0.39 is 6.29 Å². The third-order valence-corrected chi connectivity index (χ3v) is 2.11. The first kappa shape index (κ1) is 12.1. The van der Waals surface area contributed by atoms with Crippen molar-refractivity contribution < 1.29 is 14.3 Å².